The zero-order chi connectivity index (χ0) is 14.7. The van der Waals surface area contributed by atoms with Gasteiger partial charge in [-0.2, -0.15) is 0 Å². The molecular formula is C18H19F2N. The van der Waals surface area contributed by atoms with Gasteiger partial charge in [0.2, 0.25) is 0 Å². The largest absolute Gasteiger partial charge is 0.380 e. The van der Waals surface area contributed by atoms with Crippen LogP contribution in [0.15, 0.2) is 48.5 Å². The molecule has 2 aromatic rings. The number of nitrogens with one attached hydrogen (secondary N) is 1. The Bertz CT molecular complexity index is 589. The van der Waals surface area contributed by atoms with Crippen LogP contribution in [0.2, 0.25) is 0 Å². The second-order valence-corrected chi connectivity index (χ2v) is 5.73. The van der Waals surface area contributed by atoms with Crippen molar-refractivity contribution in [2.45, 2.75) is 37.6 Å². The number of anilines is 1. The van der Waals surface area contributed by atoms with Gasteiger partial charge in [-0.25, -0.2) is 8.78 Å². The summed E-state index contributed by atoms with van der Waals surface area (Å²) in [5.41, 5.74) is 1.66. The number of halogens is 2. The maximum Gasteiger partial charge on any atom is 0.146 e. The fourth-order valence-electron chi connectivity index (χ4n) is 3.12. The molecule has 0 heterocycles. The molecule has 3 rings (SSSR count). The lowest BCUT2D eigenvalue weighted by atomic mass is 9.82. The first-order valence-electron chi connectivity index (χ1n) is 7.49. The van der Waals surface area contributed by atoms with E-state index >= 15 is 0 Å². The zero-order valence-corrected chi connectivity index (χ0v) is 11.9. The fourth-order valence-corrected chi connectivity index (χ4v) is 3.12. The van der Waals surface area contributed by atoms with Crippen LogP contribution in [-0.4, -0.2) is 6.04 Å². The highest BCUT2D eigenvalue weighted by atomic mass is 19.1. The van der Waals surface area contributed by atoms with Gasteiger partial charge in [-0.05, 0) is 55.4 Å². The van der Waals surface area contributed by atoms with Gasteiger partial charge in [0.15, 0.2) is 0 Å². The monoisotopic (exact) mass is 287 g/mol. The van der Waals surface area contributed by atoms with E-state index < -0.39 is 5.82 Å². The summed E-state index contributed by atoms with van der Waals surface area (Å²) in [5, 5.41) is 3.15. The van der Waals surface area contributed by atoms with Gasteiger partial charge in [0.25, 0.3) is 0 Å². The van der Waals surface area contributed by atoms with Crippen LogP contribution < -0.4 is 5.32 Å². The van der Waals surface area contributed by atoms with E-state index in [1.807, 2.05) is 6.07 Å². The predicted octanol–water partition coefficient (Wildman–Crippen LogP) is 5.10. The number of benzene rings is 2. The van der Waals surface area contributed by atoms with Crippen molar-refractivity contribution in [3.63, 3.8) is 0 Å². The van der Waals surface area contributed by atoms with E-state index in [4.69, 9.17) is 0 Å². The van der Waals surface area contributed by atoms with Crippen molar-refractivity contribution in [2.24, 2.45) is 0 Å². The quantitative estimate of drug-likeness (QED) is 0.827. The Labute approximate surface area is 124 Å². The van der Waals surface area contributed by atoms with Crippen LogP contribution in [0.5, 0.6) is 0 Å². The molecule has 0 aromatic heterocycles. The van der Waals surface area contributed by atoms with E-state index in [-0.39, 0.29) is 17.5 Å². The minimum Gasteiger partial charge on any atom is -0.380 e. The molecule has 1 aliphatic carbocycles. The summed E-state index contributed by atoms with van der Waals surface area (Å²) in [6.45, 7) is 0. The average Bonchev–Trinajstić information content (AvgIpc) is 2.53. The Hall–Kier alpha value is -1.90. The lowest BCUT2D eigenvalue weighted by Gasteiger charge is -2.30. The highest BCUT2D eigenvalue weighted by Crippen LogP contribution is 2.34. The van der Waals surface area contributed by atoms with E-state index in [0.29, 0.717) is 5.92 Å². The molecule has 0 bridgehead atoms. The molecule has 1 aliphatic rings. The van der Waals surface area contributed by atoms with Gasteiger partial charge < -0.3 is 5.32 Å². The Morgan fingerprint density at radius 2 is 1.57 bits per heavy atom. The summed E-state index contributed by atoms with van der Waals surface area (Å²) in [6, 6.07) is 14.3. The van der Waals surface area contributed by atoms with Crippen LogP contribution in [0, 0.1) is 11.6 Å². The van der Waals surface area contributed by atoms with Gasteiger partial charge >= 0.3 is 0 Å². The van der Waals surface area contributed by atoms with Crippen LogP contribution in [0.1, 0.15) is 37.2 Å². The number of rotatable bonds is 3. The second kappa shape index (κ2) is 6.25. The maximum absolute atomic E-state index is 13.6. The summed E-state index contributed by atoms with van der Waals surface area (Å²) in [5.74, 6) is -0.208. The summed E-state index contributed by atoms with van der Waals surface area (Å²) >= 11 is 0. The molecule has 0 spiro atoms. The summed E-state index contributed by atoms with van der Waals surface area (Å²) in [7, 11) is 0. The van der Waals surface area contributed by atoms with Gasteiger partial charge in [-0.3, -0.25) is 0 Å². The molecule has 3 heteroatoms. The number of hydrogen-bond acceptors (Lipinski definition) is 1. The van der Waals surface area contributed by atoms with E-state index in [1.54, 1.807) is 0 Å². The molecule has 21 heavy (non-hydrogen) atoms. The molecule has 0 saturated heterocycles. The lowest BCUT2D eigenvalue weighted by molar-refractivity contribution is 0.411. The molecule has 1 saturated carbocycles. The van der Waals surface area contributed by atoms with E-state index in [2.05, 4.69) is 29.6 Å². The zero-order valence-electron chi connectivity index (χ0n) is 11.9. The topological polar surface area (TPSA) is 12.0 Å². The first-order valence-corrected chi connectivity index (χ1v) is 7.49. The second-order valence-electron chi connectivity index (χ2n) is 5.73. The number of hydrogen-bond donors (Lipinski definition) is 1. The van der Waals surface area contributed by atoms with Crippen LogP contribution in [0.4, 0.5) is 14.5 Å². The van der Waals surface area contributed by atoms with Crippen LogP contribution >= 0.6 is 0 Å². The minimum atomic E-state index is -0.406. The fraction of sp³-hybridized carbons (Fsp3) is 0.333. The third-order valence-corrected chi connectivity index (χ3v) is 4.29. The standard InChI is InChI=1S/C18H19F2N/c19-15-8-11-17(20)18(12-15)21-16-9-6-14(7-10-16)13-4-2-1-3-5-13/h1-5,8,11-12,14,16,21H,6-7,9-10H2. The lowest BCUT2D eigenvalue weighted by Crippen LogP contribution is -2.25. The normalized spacial score (nSPS) is 22.0. The van der Waals surface area contributed by atoms with Crippen molar-refractivity contribution < 1.29 is 8.78 Å². The molecule has 110 valence electrons. The first-order chi connectivity index (χ1) is 10.2. The molecular weight excluding hydrogens is 268 g/mol. The van der Waals surface area contributed by atoms with Gasteiger partial charge in [-0.1, -0.05) is 30.3 Å². The van der Waals surface area contributed by atoms with Gasteiger partial charge in [0, 0.05) is 6.04 Å². The third-order valence-electron chi connectivity index (χ3n) is 4.29. The van der Waals surface area contributed by atoms with Gasteiger partial charge in [0.05, 0.1) is 5.69 Å². The van der Waals surface area contributed by atoms with Crippen molar-refractivity contribution in [2.75, 3.05) is 5.32 Å². The maximum atomic E-state index is 13.6. The van der Waals surface area contributed by atoms with E-state index in [1.165, 1.54) is 17.7 Å². The summed E-state index contributed by atoms with van der Waals surface area (Å²) in [4.78, 5) is 0. The molecule has 1 nitrogen and oxygen atoms in total. The molecule has 2 aromatic carbocycles. The van der Waals surface area contributed by atoms with E-state index in [9.17, 15) is 8.78 Å². The van der Waals surface area contributed by atoms with Gasteiger partial charge in [0.1, 0.15) is 11.6 Å². The molecule has 0 amide bonds. The average molecular weight is 287 g/mol. The highest BCUT2D eigenvalue weighted by Gasteiger charge is 2.22. The molecule has 1 N–H and O–H groups in total. The summed E-state index contributed by atoms with van der Waals surface area (Å²) < 4.78 is 26.8. The molecule has 0 radical (unpaired) electrons. The Balaban J connectivity index is 1.60. The Kier molecular flexibility index (Phi) is 4.18. The third kappa shape index (κ3) is 3.41. The first kappa shape index (κ1) is 14.1. The van der Waals surface area contributed by atoms with Crippen LogP contribution in [0.25, 0.3) is 0 Å². The minimum absolute atomic E-state index is 0.223. The summed E-state index contributed by atoms with van der Waals surface area (Å²) in [6.07, 6.45) is 4.13. The molecule has 0 aliphatic heterocycles. The molecule has 1 fully saturated rings. The van der Waals surface area contributed by atoms with Crippen molar-refractivity contribution in [1.82, 2.24) is 0 Å². The highest BCUT2D eigenvalue weighted by molar-refractivity contribution is 5.45. The smallest absolute Gasteiger partial charge is 0.146 e. The molecule has 0 unspecified atom stereocenters. The molecule has 0 atom stereocenters. The van der Waals surface area contributed by atoms with E-state index in [0.717, 1.165) is 31.7 Å². The SMILES string of the molecule is Fc1ccc(F)c(NC2CCC(c3ccccc3)CC2)c1. The van der Waals surface area contributed by atoms with Crippen LogP contribution in [-0.2, 0) is 0 Å². The van der Waals surface area contributed by atoms with Crippen molar-refractivity contribution in [1.29, 1.82) is 0 Å². The van der Waals surface area contributed by atoms with Gasteiger partial charge in [-0.15, -0.1) is 0 Å². The van der Waals surface area contributed by atoms with Crippen LogP contribution in [0.3, 0.4) is 0 Å². The predicted molar refractivity (Wildman–Crippen MR) is 81.4 cm³/mol. The van der Waals surface area contributed by atoms with Crippen molar-refractivity contribution in [3.05, 3.63) is 65.7 Å². The van der Waals surface area contributed by atoms with Crippen molar-refractivity contribution >= 4 is 5.69 Å². The Morgan fingerprint density at radius 3 is 2.29 bits per heavy atom. The Morgan fingerprint density at radius 1 is 0.857 bits per heavy atom. The van der Waals surface area contributed by atoms with Crippen molar-refractivity contribution in [3.8, 4) is 0 Å².